The lowest BCUT2D eigenvalue weighted by Crippen LogP contribution is -2.38. The topological polar surface area (TPSA) is 29.3 Å². The van der Waals surface area contributed by atoms with Crippen molar-refractivity contribution in [3.8, 4) is 0 Å². The minimum atomic E-state index is 0.610. The maximum atomic E-state index is 5.54. The van der Waals surface area contributed by atoms with Crippen molar-refractivity contribution >= 4 is 0 Å². The smallest absolute Gasteiger partial charge is 0.00787 e. The Kier molecular flexibility index (Phi) is 6.35. The predicted molar refractivity (Wildman–Crippen MR) is 59.8 cm³/mol. The molecule has 80 valence electrons. The molecule has 2 atom stereocenters. The van der Waals surface area contributed by atoms with Crippen LogP contribution in [0.4, 0.5) is 0 Å². The van der Waals surface area contributed by atoms with E-state index in [1.54, 1.807) is 0 Å². The first kappa shape index (κ1) is 12.9. The van der Waals surface area contributed by atoms with Crippen molar-refractivity contribution in [2.75, 3.05) is 13.6 Å². The largest absolute Gasteiger partial charge is 0.330 e. The second kappa shape index (κ2) is 6.39. The average molecular weight is 186 g/mol. The molecule has 0 rings (SSSR count). The Labute approximate surface area is 83.5 Å². The van der Waals surface area contributed by atoms with Crippen LogP contribution in [0.25, 0.3) is 0 Å². The maximum absolute atomic E-state index is 5.54. The van der Waals surface area contributed by atoms with Gasteiger partial charge in [0.15, 0.2) is 0 Å². The molecule has 0 aromatic rings. The number of hydrogen-bond donors (Lipinski definition) is 1. The summed E-state index contributed by atoms with van der Waals surface area (Å²) in [5.41, 5.74) is 5.54. The lowest BCUT2D eigenvalue weighted by Gasteiger charge is -2.31. The van der Waals surface area contributed by atoms with E-state index in [0.717, 1.165) is 18.9 Å². The Morgan fingerprint density at radius 2 is 1.62 bits per heavy atom. The van der Waals surface area contributed by atoms with Crippen LogP contribution in [0.3, 0.4) is 0 Å². The van der Waals surface area contributed by atoms with Crippen molar-refractivity contribution in [1.82, 2.24) is 4.90 Å². The van der Waals surface area contributed by atoms with Gasteiger partial charge in [0.25, 0.3) is 0 Å². The quantitative estimate of drug-likeness (QED) is 0.688. The van der Waals surface area contributed by atoms with Crippen LogP contribution >= 0.6 is 0 Å². The third-order valence-corrected chi connectivity index (χ3v) is 2.79. The molecule has 2 N–H and O–H groups in total. The van der Waals surface area contributed by atoms with Gasteiger partial charge < -0.3 is 10.6 Å². The van der Waals surface area contributed by atoms with Crippen LogP contribution in [0.5, 0.6) is 0 Å². The Balaban J connectivity index is 3.85. The molecule has 2 unspecified atom stereocenters. The number of hydrogen-bond acceptors (Lipinski definition) is 2. The first-order valence-corrected chi connectivity index (χ1v) is 5.41. The number of nitrogens with zero attached hydrogens (tertiary/aromatic N) is 1. The van der Waals surface area contributed by atoms with Gasteiger partial charge >= 0.3 is 0 Å². The maximum Gasteiger partial charge on any atom is 0.00787 e. The van der Waals surface area contributed by atoms with E-state index >= 15 is 0 Å². The van der Waals surface area contributed by atoms with Crippen LogP contribution in [0.2, 0.25) is 0 Å². The van der Waals surface area contributed by atoms with Crippen LogP contribution in [-0.4, -0.2) is 30.6 Å². The highest BCUT2D eigenvalue weighted by Crippen LogP contribution is 2.13. The molecule has 0 radical (unpaired) electrons. The zero-order valence-electron chi connectivity index (χ0n) is 9.88. The molecule has 0 aromatic carbocycles. The molecule has 0 bridgehead atoms. The standard InChI is InChI=1S/C11H26N2/c1-9(2)8-11(4)13(5)10(3)6-7-12/h9-11H,6-8,12H2,1-5H3. The molecule has 0 aliphatic heterocycles. The predicted octanol–water partition coefficient (Wildman–Crippen LogP) is 2.09. The van der Waals surface area contributed by atoms with Crippen molar-refractivity contribution in [1.29, 1.82) is 0 Å². The molecule has 0 amide bonds. The van der Waals surface area contributed by atoms with Crippen LogP contribution in [0.15, 0.2) is 0 Å². The Morgan fingerprint density at radius 3 is 2.00 bits per heavy atom. The number of rotatable bonds is 6. The van der Waals surface area contributed by atoms with Gasteiger partial charge in [-0.05, 0) is 46.2 Å². The number of nitrogens with two attached hydrogens (primary N) is 1. The summed E-state index contributed by atoms with van der Waals surface area (Å²) >= 11 is 0. The summed E-state index contributed by atoms with van der Waals surface area (Å²) in [5.74, 6) is 0.780. The molecule has 2 nitrogen and oxygen atoms in total. The van der Waals surface area contributed by atoms with Crippen molar-refractivity contribution in [3.05, 3.63) is 0 Å². The molecule has 0 aliphatic carbocycles. The summed E-state index contributed by atoms with van der Waals surface area (Å²) in [5, 5.41) is 0. The second-order valence-electron chi connectivity index (χ2n) is 4.57. The molecule has 0 heterocycles. The molecule has 0 fully saturated rings. The van der Waals surface area contributed by atoms with Gasteiger partial charge in [-0.15, -0.1) is 0 Å². The van der Waals surface area contributed by atoms with Gasteiger partial charge in [0.2, 0.25) is 0 Å². The van der Waals surface area contributed by atoms with E-state index in [9.17, 15) is 0 Å². The highest BCUT2D eigenvalue weighted by atomic mass is 15.1. The van der Waals surface area contributed by atoms with Crippen molar-refractivity contribution in [2.24, 2.45) is 11.7 Å². The molecular weight excluding hydrogens is 160 g/mol. The van der Waals surface area contributed by atoms with Gasteiger partial charge in [-0.3, -0.25) is 0 Å². The summed E-state index contributed by atoms with van der Waals surface area (Å²) in [6.07, 6.45) is 2.37. The normalized spacial score (nSPS) is 16.6. The van der Waals surface area contributed by atoms with E-state index in [1.165, 1.54) is 6.42 Å². The third kappa shape index (κ3) is 5.27. The minimum absolute atomic E-state index is 0.610. The summed E-state index contributed by atoms with van der Waals surface area (Å²) < 4.78 is 0. The first-order chi connectivity index (χ1) is 5.99. The van der Waals surface area contributed by atoms with E-state index in [2.05, 4.69) is 39.6 Å². The van der Waals surface area contributed by atoms with Gasteiger partial charge in [0.1, 0.15) is 0 Å². The van der Waals surface area contributed by atoms with E-state index in [0.29, 0.717) is 12.1 Å². The van der Waals surface area contributed by atoms with E-state index < -0.39 is 0 Å². The summed E-state index contributed by atoms with van der Waals surface area (Å²) in [6, 6.07) is 1.28. The molecular formula is C11H26N2. The molecule has 0 aliphatic rings. The fraction of sp³-hybridized carbons (Fsp3) is 1.00. The molecule has 2 heteroatoms. The lowest BCUT2D eigenvalue weighted by molar-refractivity contribution is 0.169. The molecule has 0 aromatic heterocycles. The SMILES string of the molecule is CC(C)CC(C)N(C)C(C)CCN. The zero-order chi connectivity index (χ0) is 10.4. The van der Waals surface area contributed by atoms with Gasteiger partial charge in [-0.2, -0.15) is 0 Å². The van der Waals surface area contributed by atoms with Gasteiger partial charge in [-0.1, -0.05) is 13.8 Å². The van der Waals surface area contributed by atoms with Gasteiger partial charge in [0, 0.05) is 12.1 Å². The Bertz CT molecular complexity index is 123. The Hall–Kier alpha value is -0.0800. The van der Waals surface area contributed by atoms with Crippen molar-refractivity contribution < 1.29 is 0 Å². The van der Waals surface area contributed by atoms with Crippen LogP contribution < -0.4 is 5.73 Å². The van der Waals surface area contributed by atoms with Crippen LogP contribution in [0.1, 0.15) is 40.5 Å². The van der Waals surface area contributed by atoms with Crippen LogP contribution in [-0.2, 0) is 0 Å². The third-order valence-electron chi connectivity index (χ3n) is 2.79. The monoisotopic (exact) mass is 186 g/mol. The second-order valence-corrected chi connectivity index (χ2v) is 4.57. The van der Waals surface area contributed by atoms with Crippen LogP contribution in [0, 0.1) is 5.92 Å². The molecule has 0 saturated carbocycles. The first-order valence-electron chi connectivity index (χ1n) is 5.41. The molecule has 0 spiro atoms. The highest BCUT2D eigenvalue weighted by molar-refractivity contribution is 4.71. The lowest BCUT2D eigenvalue weighted by atomic mass is 10.0. The van der Waals surface area contributed by atoms with E-state index in [1.807, 2.05) is 0 Å². The summed E-state index contributed by atoms with van der Waals surface area (Å²) in [7, 11) is 2.20. The summed E-state index contributed by atoms with van der Waals surface area (Å²) in [6.45, 7) is 9.90. The fourth-order valence-corrected chi connectivity index (χ4v) is 1.73. The minimum Gasteiger partial charge on any atom is -0.330 e. The van der Waals surface area contributed by atoms with Gasteiger partial charge in [0.05, 0.1) is 0 Å². The summed E-state index contributed by atoms with van der Waals surface area (Å²) in [4.78, 5) is 2.44. The van der Waals surface area contributed by atoms with Gasteiger partial charge in [-0.25, -0.2) is 0 Å². The van der Waals surface area contributed by atoms with Crippen molar-refractivity contribution in [2.45, 2.75) is 52.6 Å². The molecule has 13 heavy (non-hydrogen) atoms. The fourth-order valence-electron chi connectivity index (χ4n) is 1.73. The zero-order valence-corrected chi connectivity index (χ0v) is 9.88. The average Bonchev–Trinajstić information content (AvgIpc) is 2.02. The van der Waals surface area contributed by atoms with E-state index in [-0.39, 0.29) is 0 Å². The van der Waals surface area contributed by atoms with Crippen molar-refractivity contribution in [3.63, 3.8) is 0 Å². The Morgan fingerprint density at radius 1 is 1.08 bits per heavy atom. The van der Waals surface area contributed by atoms with E-state index in [4.69, 9.17) is 5.73 Å². The highest BCUT2D eigenvalue weighted by Gasteiger charge is 2.15. The molecule has 0 saturated heterocycles.